The molecule has 3 N–H and O–H groups in total. The van der Waals surface area contributed by atoms with Crippen LogP contribution in [0.4, 0.5) is 0 Å². The van der Waals surface area contributed by atoms with Gasteiger partial charge in [0.1, 0.15) is 11.8 Å². The molecular formula is C14H16BrNO4. The fraction of sp³-hybridized carbons (Fsp3) is 0.357. The number of nitrogens with one attached hydrogen (secondary N) is 1. The summed E-state index contributed by atoms with van der Waals surface area (Å²) in [6.45, 7) is 2.06. The van der Waals surface area contributed by atoms with Crippen LogP contribution in [-0.2, 0) is 4.74 Å². The van der Waals surface area contributed by atoms with Crippen molar-refractivity contribution in [3.8, 4) is 0 Å². The summed E-state index contributed by atoms with van der Waals surface area (Å²) in [6.07, 6.45) is -1.86. The summed E-state index contributed by atoms with van der Waals surface area (Å²) < 4.78 is 4.93. The molecule has 2 unspecified atom stereocenters. The van der Waals surface area contributed by atoms with Gasteiger partial charge in [-0.2, -0.15) is 0 Å². The third-order valence-corrected chi connectivity index (χ3v) is 3.67. The molecule has 0 fully saturated rings. The number of esters is 1. The average molecular weight is 342 g/mol. The number of aromatic nitrogens is 1. The van der Waals surface area contributed by atoms with Crippen molar-refractivity contribution in [2.75, 3.05) is 11.9 Å². The molecule has 1 aromatic carbocycles. The van der Waals surface area contributed by atoms with Crippen molar-refractivity contribution in [1.82, 2.24) is 4.98 Å². The lowest BCUT2D eigenvalue weighted by Gasteiger charge is -2.15. The Morgan fingerprint density at radius 1 is 1.40 bits per heavy atom. The Labute approximate surface area is 124 Å². The lowest BCUT2D eigenvalue weighted by Crippen LogP contribution is -2.19. The van der Waals surface area contributed by atoms with Crippen LogP contribution in [0.2, 0.25) is 0 Å². The first kappa shape index (κ1) is 15.0. The van der Waals surface area contributed by atoms with Crippen LogP contribution in [0.15, 0.2) is 24.3 Å². The van der Waals surface area contributed by atoms with Crippen molar-refractivity contribution in [2.45, 2.75) is 19.1 Å². The largest absolute Gasteiger partial charge is 0.461 e. The van der Waals surface area contributed by atoms with Crippen molar-refractivity contribution in [3.05, 3.63) is 35.5 Å². The van der Waals surface area contributed by atoms with Crippen LogP contribution in [-0.4, -0.2) is 39.2 Å². The smallest absolute Gasteiger partial charge is 0.354 e. The van der Waals surface area contributed by atoms with Gasteiger partial charge in [-0.05, 0) is 24.6 Å². The van der Waals surface area contributed by atoms with E-state index in [1.807, 2.05) is 0 Å². The molecule has 5 nitrogen and oxygen atoms in total. The molecule has 2 aromatic rings. The van der Waals surface area contributed by atoms with E-state index in [9.17, 15) is 15.0 Å². The maximum Gasteiger partial charge on any atom is 0.354 e. The van der Waals surface area contributed by atoms with Gasteiger partial charge in [-0.1, -0.05) is 28.1 Å². The second-order valence-corrected chi connectivity index (χ2v) is 5.06. The first-order chi connectivity index (χ1) is 9.56. The molecule has 0 aliphatic heterocycles. The zero-order chi connectivity index (χ0) is 14.7. The molecule has 1 heterocycles. The number of H-pyrrole nitrogens is 1. The summed E-state index contributed by atoms with van der Waals surface area (Å²) in [5, 5.41) is 20.7. The maximum absolute atomic E-state index is 11.6. The Balaban J connectivity index is 2.32. The van der Waals surface area contributed by atoms with Gasteiger partial charge >= 0.3 is 5.97 Å². The van der Waals surface area contributed by atoms with Crippen molar-refractivity contribution in [1.29, 1.82) is 0 Å². The van der Waals surface area contributed by atoms with Crippen molar-refractivity contribution >= 4 is 32.8 Å². The molecule has 20 heavy (non-hydrogen) atoms. The van der Waals surface area contributed by atoms with Gasteiger partial charge in [-0.3, -0.25) is 0 Å². The van der Waals surface area contributed by atoms with Crippen LogP contribution < -0.4 is 0 Å². The number of aromatic amines is 1. The maximum atomic E-state index is 11.6. The van der Waals surface area contributed by atoms with Gasteiger partial charge in [-0.25, -0.2) is 4.79 Å². The second kappa shape index (κ2) is 6.39. The lowest BCUT2D eigenvalue weighted by atomic mass is 10.0. The quantitative estimate of drug-likeness (QED) is 0.574. The second-order valence-electron chi connectivity index (χ2n) is 4.42. The molecule has 0 radical (unpaired) electrons. The van der Waals surface area contributed by atoms with Crippen molar-refractivity contribution < 1.29 is 19.7 Å². The fourth-order valence-electron chi connectivity index (χ4n) is 1.95. The Kier molecular flexibility index (Phi) is 4.80. The number of alkyl halides is 1. The van der Waals surface area contributed by atoms with Crippen LogP contribution in [0.5, 0.6) is 0 Å². The predicted molar refractivity (Wildman–Crippen MR) is 79.0 cm³/mol. The molecule has 0 aliphatic carbocycles. The van der Waals surface area contributed by atoms with Crippen LogP contribution in [0, 0.1) is 0 Å². The number of hydrogen-bond donors (Lipinski definition) is 3. The van der Waals surface area contributed by atoms with E-state index in [0.717, 1.165) is 5.39 Å². The van der Waals surface area contributed by atoms with E-state index < -0.39 is 18.2 Å². The van der Waals surface area contributed by atoms with Crippen LogP contribution in [0.1, 0.15) is 29.1 Å². The van der Waals surface area contributed by atoms with E-state index in [0.29, 0.717) is 23.4 Å². The van der Waals surface area contributed by atoms with Crippen LogP contribution in [0.25, 0.3) is 10.9 Å². The molecule has 108 valence electrons. The molecule has 0 bridgehead atoms. The first-order valence-electron chi connectivity index (χ1n) is 6.28. The number of rotatable bonds is 5. The molecule has 1 aromatic heterocycles. The van der Waals surface area contributed by atoms with Gasteiger partial charge in [0.25, 0.3) is 0 Å². The summed E-state index contributed by atoms with van der Waals surface area (Å²) in [4.78, 5) is 14.6. The molecular weight excluding hydrogens is 326 g/mol. The number of ether oxygens (including phenoxy) is 1. The first-order valence-corrected chi connectivity index (χ1v) is 7.40. The standard InChI is InChI=1S/C14H16BrNO4/c1-2-20-14(19)11-5-8-3-4-9(6-10(8)16-11)13(18)12(17)7-15/h3-6,12-13,16-18H,2,7H2,1H3. The number of carbonyl (C=O) groups excluding carboxylic acids is 1. The van der Waals surface area contributed by atoms with E-state index in [-0.39, 0.29) is 5.33 Å². The lowest BCUT2D eigenvalue weighted by molar-refractivity contribution is 0.0343. The predicted octanol–water partition coefficient (Wildman–Crippen LogP) is 2.13. The normalized spacial score (nSPS) is 14.2. The van der Waals surface area contributed by atoms with E-state index in [1.165, 1.54) is 0 Å². The fourth-order valence-corrected chi connectivity index (χ4v) is 2.31. The number of fused-ring (bicyclic) bond motifs is 1. The topological polar surface area (TPSA) is 82.6 Å². The highest BCUT2D eigenvalue weighted by molar-refractivity contribution is 9.09. The monoisotopic (exact) mass is 341 g/mol. The molecule has 0 saturated carbocycles. The zero-order valence-electron chi connectivity index (χ0n) is 11.0. The Bertz CT molecular complexity index is 610. The van der Waals surface area contributed by atoms with E-state index in [1.54, 1.807) is 31.2 Å². The number of benzene rings is 1. The Morgan fingerprint density at radius 3 is 2.80 bits per heavy atom. The van der Waals surface area contributed by atoms with Crippen LogP contribution >= 0.6 is 15.9 Å². The third kappa shape index (κ3) is 3.03. The Morgan fingerprint density at radius 2 is 2.15 bits per heavy atom. The highest BCUT2D eigenvalue weighted by atomic mass is 79.9. The van der Waals surface area contributed by atoms with Gasteiger partial charge in [0, 0.05) is 16.2 Å². The summed E-state index contributed by atoms with van der Waals surface area (Å²) >= 11 is 3.12. The molecule has 0 aliphatic rings. The van der Waals surface area contributed by atoms with Crippen molar-refractivity contribution in [2.24, 2.45) is 0 Å². The van der Waals surface area contributed by atoms with E-state index in [4.69, 9.17) is 4.74 Å². The molecule has 0 amide bonds. The SMILES string of the molecule is CCOC(=O)c1cc2ccc(C(O)C(O)CBr)cc2[nH]1. The van der Waals surface area contributed by atoms with Crippen LogP contribution in [0.3, 0.4) is 0 Å². The highest BCUT2D eigenvalue weighted by Gasteiger charge is 2.18. The average Bonchev–Trinajstić information content (AvgIpc) is 2.88. The summed E-state index contributed by atoms with van der Waals surface area (Å²) in [5.41, 5.74) is 1.67. The van der Waals surface area contributed by atoms with Gasteiger partial charge in [0.2, 0.25) is 0 Å². The van der Waals surface area contributed by atoms with Gasteiger partial charge in [0.15, 0.2) is 0 Å². The Hall–Kier alpha value is -1.37. The molecule has 0 saturated heterocycles. The summed E-state index contributed by atoms with van der Waals surface area (Å²) in [6, 6.07) is 6.93. The number of aliphatic hydroxyl groups excluding tert-OH is 2. The van der Waals surface area contributed by atoms with E-state index >= 15 is 0 Å². The van der Waals surface area contributed by atoms with Crippen molar-refractivity contribution in [3.63, 3.8) is 0 Å². The number of hydrogen-bond acceptors (Lipinski definition) is 4. The van der Waals surface area contributed by atoms with Gasteiger partial charge in [0.05, 0.1) is 12.7 Å². The summed E-state index contributed by atoms with van der Waals surface area (Å²) in [7, 11) is 0. The molecule has 0 spiro atoms. The third-order valence-electron chi connectivity index (χ3n) is 3.01. The minimum absolute atomic E-state index is 0.283. The minimum atomic E-state index is -0.979. The number of carbonyl (C=O) groups is 1. The number of halogens is 1. The minimum Gasteiger partial charge on any atom is -0.461 e. The van der Waals surface area contributed by atoms with Gasteiger partial charge in [-0.15, -0.1) is 0 Å². The summed E-state index contributed by atoms with van der Waals surface area (Å²) in [5.74, 6) is -0.411. The highest BCUT2D eigenvalue weighted by Crippen LogP contribution is 2.24. The zero-order valence-corrected chi connectivity index (χ0v) is 12.6. The molecule has 2 rings (SSSR count). The molecule has 6 heteroatoms. The van der Waals surface area contributed by atoms with E-state index in [2.05, 4.69) is 20.9 Å². The van der Waals surface area contributed by atoms with Gasteiger partial charge < -0.3 is 19.9 Å². The molecule has 2 atom stereocenters. The number of aliphatic hydroxyl groups is 2.